The Bertz CT molecular complexity index is 269. The van der Waals surface area contributed by atoms with Crippen molar-refractivity contribution in [3.63, 3.8) is 0 Å². The molecule has 1 aromatic rings. The Labute approximate surface area is 86.5 Å². The predicted octanol–water partition coefficient (Wildman–Crippen LogP) is 3.27. The molecule has 1 unspecified atom stereocenters. The number of halogens is 3. The molecule has 15 heavy (non-hydrogen) atoms. The zero-order chi connectivity index (χ0) is 11.3. The van der Waals surface area contributed by atoms with Crippen molar-refractivity contribution >= 4 is 0 Å². The summed E-state index contributed by atoms with van der Waals surface area (Å²) in [4.78, 5) is 0. The summed E-state index contributed by atoms with van der Waals surface area (Å²) in [5, 5.41) is 3.00. The van der Waals surface area contributed by atoms with Crippen LogP contribution in [0.25, 0.3) is 0 Å². The zero-order valence-electron chi connectivity index (χ0n) is 8.47. The molecular formula is C10H14F3NO. The van der Waals surface area contributed by atoms with E-state index in [0.717, 1.165) is 5.56 Å². The Balaban J connectivity index is 2.52. The lowest BCUT2D eigenvalue weighted by atomic mass is 10.1. The first-order chi connectivity index (χ1) is 7.03. The molecular weight excluding hydrogens is 207 g/mol. The molecule has 0 saturated carbocycles. The van der Waals surface area contributed by atoms with E-state index in [-0.39, 0.29) is 12.5 Å². The van der Waals surface area contributed by atoms with Gasteiger partial charge in [0, 0.05) is 18.0 Å². The maximum Gasteiger partial charge on any atom is 0.389 e. The van der Waals surface area contributed by atoms with E-state index in [1.807, 2.05) is 6.92 Å². The van der Waals surface area contributed by atoms with Crippen molar-refractivity contribution in [1.29, 1.82) is 0 Å². The fourth-order valence-corrected chi connectivity index (χ4v) is 1.41. The molecule has 1 heterocycles. The van der Waals surface area contributed by atoms with E-state index in [1.54, 1.807) is 6.07 Å². The van der Waals surface area contributed by atoms with E-state index >= 15 is 0 Å². The van der Waals surface area contributed by atoms with Crippen LogP contribution < -0.4 is 5.32 Å². The van der Waals surface area contributed by atoms with E-state index in [4.69, 9.17) is 4.42 Å². The highest BCUT2D eigenvalue weighted by Crippen LogP contribution is 2.27. The summed E-state index contributed by atoms with van der Waals surface area (Å²) in [6.45, 7) is 2.49. The predicted molar refractivity (Wildman–Crippen MR) is 50.4 cm³/mol. The van der Waals surface area contributed by atoms with Crippen LogP contribution in [-0.2, 0) is 0 Å². The number of hydrogen-bond donors (Lipinski definition) is 1. The molecule has 1 aromatic heterocycles. The molecule has 0 radical (unpaired) electrons. The maximum absolute atomic E-state index is 12.0. The van der Waals surface area contributed by atoms with Gasteiger partial charge in [-0.2, -0.15) is 13.2 Å². The smallest absolute Gasteiger partial charge is 0.389 e. The van der Waals surface area contributed by atoms with E-state index in [0.29, 0.717) is 6.54 Å². The average molecular weight is 221 g/mol. The Hall–Kier alpha value is -0.970. The van der Waals surface area contributed by atoms with Gasteiger partial charge in [0.1, 0.15) is 0 Å². The fourth-order valence-electron chi connectivity index (χ4n) is 1.41. The minimum absolute atomic E-state index is 0.0386. The van der Waals surface area contributed by atoms with Gasteiger partial charge in [-0.3, -0.25) is 0 Å². The molecule has 1 N–H and O–H groups in total. The first kappa shape index (κ1) is 12.1. The number of hydrogen-bond acceptors (Lipinski definition) is 2. The topological polar surface area (TPSA) is 25.2 Å². The molecule has 0 amide bonds. The Morgan fingerprint density at radius 1 is 1.47 bits per heavy atom. The van der Waals surface area contributed by atoms with Gasteiger partial charge in [-0.1, -0.05) is 6.92 Å². The fraction of sp³-hybridized carbons (Fsp3) is 0.600. The van der Waals surface area contributed by atoms with Crippen LogP contribution in [0.2, 0.25) is 0 Å². The van der Waals surface area contributed by atoms with Gasteiger partial charge in [0.15, 0.2) is 0 Å². The summed E-state index contributed by atoms with van der Waals surface area (Å²) in [6, 6.07) is 1.40. The molecule has 0 aromatic carbocycles. The third-order valence-corrected chi connectivity index (χ3v) is 2.11. The van der Waals surface area contributed by atoms with Gasteiger partial charge in [-0.25, -0.2) is 0 Å². The molecule has 1 rings (SSSR count). The average Bonchev–Trinajstić information content (AvgIpc) is 2.63. The second-order valence-electron chi connectivity index (χ2n) is 3.32. The Morgan fingerprint density at radius 3 is 2.67 bits per heavy atom. The third kappa shape index (κ3) is 4.38. The molecule has 0 saturated heterocycles. The van der Waals surface area contributed by atoms with Crippen LogP contribution in [0.15, 0.2) is 23.0 Å². The molecule has 0 fully saturated rings. The van der Waals surface area contributed by atoms with Crippen LogP contribution >= 0.6 is 0 Å². The summed E-state index contributed by atoms with van der Waals surface area (Å²) in [5.74, 6) is 0. The third-order valence-electron chi connectivity index (χ3n) is 2.11. The highest BCUT2D eigenvalue weighted by atomic mass is 19.4. The molecule has 0 aliphatic heterocycles. The largest absolute Gasteiger partial charge is 0.472 e. The molecule has 0 bridgehead atoms. The van der Waals surface area contributed by atoms with Crippen LogP contribution in [0.5, 0.6) is 0 Å². The second kappa shape index (κ2) is 5.21. The molecule has 0 spiro atoms. The first-order valence-corrected chi connectivity index (χ1v) is 4.85. The lowest BCUT2D eigenvalue weighted by Gasteiger charge is -2.17. The summed E-state index contributed by atoms with van der Waals surface area (Å²) < 4.78 is 41.0. The number of alkyl halides is 3. The first-order valence-electron chi connectivity index (χ1n) is 4.85. The molecule has 0 aliphatic rings. The minimum atomic E-state index is -4.10. The molecule has 2 nitrogen and oxygen atoms in total. The lowest BCUT2D eigenvalue weighted by molar-refractivity contribution is -0.136. The van der Waals surface area contributed by atoms with Crippen molar-refractivity contribution in [3.05, 3.63) is 24.2 Å². The molecule has 86 valence electrons. The summed E-state index contributed by atoms with van der Waals surface area (Å²) in [5.41, 5.74) is 0.765. The van der Waals surface area contributed by atoms with Crippen molar-refractivity contribution in [2.24, 2.45) is 0 Å². The Kier molecular flexibility index (Phi) is 4.20. The van der Waals surface area contributed by atoms with Crippen LogP contribution in [0, 0.1) is 0 Å². The van der Waals surface area contributed by atoms with Crippen molar-refractivity contribution in [1.82, 2.24) is 5.32 Å². The van der Waals surface area contributed by atoms with E-state index in [1.165, 1.54) is 12.5 Å². The highest BCUT2D eigenvalue weighted by molar-refractivity contribution is 5.11. The van der Waals surface area contributed by atoms with Gasteiger partial charge < -0.3 is 9.73 Å². The summed E-state index contributed by atoms with van der Waals surface area (Å²) >= 11 is 0. The second-order valence-corrected chi connectivity index (χ2v) is 3.32. The van der Waals surface area contributed by atoms with Crippen LogP contribution in [0.4, 0.5) is 13.2 Å². The number of rotatable bonds is 5. The molecule has 5 heteroatoms. The number of nitrogens with one attached hydrogen (secondary N) is 1. The van der Waals surface area contributed by atoms with Gasteiger partial charge in [0.2, 0.25) is 0 Å². The van der Waals surface area contributed by atoms with E-state index < -0.39 is 12.6 Å². The number of furan rings is 1. The lowest BCUT2D eigenvalue weighted by Crippen LogP contribution is -2.22. The quantitative estimate of drug-likeness (QED) is 0.825. The summed E-state index contributed by atoms with van der Waals surface area (Å²) in [7, 11) is 0. The van der Waals surface area contributed by atoms with Crippen molar-refractivity contribution in [2.75, 3.05) is 6.54 Å². The van der Waals surface area contributed by atoms with Crippen LogP contribution in [0.1, 0.15) is 31.4 Å². The van der Waals surface area contributed by atoms with E-state index in [2.05, 4.69) is 5.32 Å². The summed E-state index contributed by atoms with van der Waals surface area (Å²) in [6.07, 6.45) is -1.90. The monoisotopic (exact) mass is 221 g/mol. The molecule has 1 atom stereocenters. The minimum Gasteiger partial charge on any atom is -0.472 e. The van der Waals surface area contributed by atoms with Crippen LogP contribution in [0.3, 0.4) is 0 Å². The van der Waals surface area contributed by atoms with Gasteiger partial charge in [-0.05, 0) is 19.0 Å². The maximum atomic E-state index is 12.0. The normalized spacial score (nSPS) is 14.1. The van der Waals surface area contributed by atoms with Crippen molar-refractivity contribution in [3.8, 4) is 0 Å². The van der Waals surface area contributed by atoms with Gasteiger partial charge >= 0.3 is 6.18 Å². The standard InChI is InChI=1S/C10H14F3NO/c1-2-14-9(3-5-10(11,12)13)8-4-6-15-7-8/h4,6-7,9,14H,2-3,5H2,1H3. The highest BCUT2D eigenvalue weighted by Gasteiger charge is 2.28. The SMILES string of the molecule is CCNC(CCC(F)(F)F)c1ccoc1. The van der Waals surface area contributed by atoms with Gasteiger partial charge in [0.25, 0.3) is 0 Å². The van der Waals surface area contributed by atoms with Crippen molar-refractivity contribution in [2.45, 2.75) is 32.0 Å². The van der Waals surface area contributed by atoms with Gasteiger partial charge in [-0.15, -0.1) is 0 Å². The Morgan fingerprint density at radius 2 is 2.20 bits per heavy atom. The zero-order valence-corrected chi connectivity index (χ0v) is 8.47. The van der Waals surface area contributed by atoms with Crippen molar-refractivity contribution < 1.29 is 17.6 Å². The van der Waals surface area contributed by atoms with Gasteiger partial charge in [0.05, 0.1) is 12.5 Å². The molecule has 0 aliphatic carbocycles. The van der Waals surface area contributed by atoms with E-state index in [9.17, 15) is 13.2 Å². The van der Waals surface area contributed by atoms with Crippen LogP contribution in [-0.4, -0.2) is 12.7 Å².